The Morgan fingerprint density at radius 3 is 2.42 bits per heavy atom. The van der Waals surface area contributed by atoms with E-state index in [0.29, 0.717) is 84.7 Å². The molecule has 0 bridgehead atoms. The Balaban J connectivity index is 0.811. The van der Waals surface area contributed by atoms with Crippen molar-refractivity contribution < 1.29 is 37.8 Å². The first-order valence-electron chi connectivity index (χ1n) is 21.8. The van der Waals surface area contributed by atoms with Gasteiger partial charge in [0.2, 0.25) is 23.4 Å². The maximum Gasteiger partial charge on any atom is 0.274 e. The van der Waals surface area contributed by atoms with E-state index < -0.39 is 47.1 Å². The Morgan fingerprint density at radius 1 is 1.00 bits per heavy atom. The molecule has 16 nitrogen and oxygen atoms in total. The number of hydrogen-bond acceptors (Lipinski definition) is 10. The second kappa shape index (κ2) is 17.0. The lowest BCUT2D eigenvalue weighted by Crippen LogP contribution is -2.63. The van der Waals surface area contributed by atoms with E-state index in [-0.39, 0.29) is 36.3 Å². The molecule has 4 fully saturated rings. The molecule has 0 spiro atoms. The van der Waals surface area contributed by atoms with Gasteiger partial charge in [-0.3, -0.25) is 34.1 Å². The molecule has 4 amide bonds. The van der Waals surface area contributed by atoms with E-state index >= 15 is 8.78 Å². The van der Waals surface area contributed by atoms with Crippen molar-refractivity contribution in [3.05, 3.63) is 94.7 Å². The molecule has 4 aliphatic rings. The highest BCUT2D eigenvalue weighted by atomic mass is 19.1. The molecule has 2 atom stereocenters. The van der Waals surface area contributed by atoms with Crippen LogP contribution in [0.25, 0.3) is 21.3 Å². The van der Waals surface area contributed by atoms with Crippen LogP contribution in [-0.2, 0) is 24.7 Å². The predicted molar refractivity (Wildman–Crippen MR) is 232 cm³/mol. The van der Waals surface area contributed by atoms with Crippen LogP contribution < -0.4 is 15.5 Å². The number of amides is 4. The summed E-state index contributed by atoms with van der Waals surface area (Å²) in [6.45, 7) is 15.3. The summed E-state index contributed by atoms with van der Waals surface area (Å²) in [5.41, 5.74) is 1.63. The van der Waals surface area contributed by atoms with Gasteiger partial charge in [0.25, 0.3) is 5.91 Å². The minimum atomic E-state index is -1.29. The molecule has 3 N–H and O–H groups in total. The van der Waals surface area contributed by atoms with Crippen LogP contribution in [0.4, 0.5) is 25.8 Å². The van der Waals surface area contributed by atoms with Gasteiger partial charge >= 0.3 is 0 Å². The van der Waals surface area contributed by atoms with Crippen molar-refractivity contribution in [3.8, 4) is 0 Å². The molecule has 6 heterocycles. The number of anilines is 2. The molecule has 0 unspecified atom stereocenters. The van der Waals surface area contributed by atoms with Gasteiger partial charge in [0, 0.05) is 85.9 Å². The number of hydrogen-bond donors (Lipinski definition) is 3. The molecule has 9 rings (SSSR count). The van der Waals surface area contributed by atoms with Gasteiger partial charge in [-0.15, -0.1) is 0 Å². The van der Waals surface area contributed by atoms with Crippen molar-refractivity contribution in [2.75, 3.05) is 49.5 Å². The molecule has 64 heavy (non-hydrogen) atoms. The number of benzene rings is 2. The molecular weight excluding hydrogens is 827 g/mol. The van der Waals surface area contributed by atoms with E-state index in [1.165, 1.54) is 22.8 Å². The highest BCUT2D eigenvalue weighted by Gasteiger charge is 2.42. The Bertz CT molecular complexity index is 2680. The molecule has 3 aliphatic heterocycles. The SMILES string of the molecule is [C-]#[N+]c1cnn2c(C(=O)Nc3cc4cn(C5CCC(N6CCN(C(=O)C7CN(c8cc(F)c([C@H]9CCC(=O)NC9=O)c(F)c8)C7)[C@@H](OCC)C6)CC5)nc4cc3C(C)(C)O)ccc2c1. The van der Waals surface area contributed by atoms with Crippen molar-refractivity contribution in [3.63, 3.8) is 0 Å². The third-order valence-corrected chi connectivity index (χ3v) is 13.2. The van der Waals surface area contributed by atoms with Crippen molar-refractivity contribution in [2.24, 2.45) is 5.92 Å². The molecule has 334 valence electrons. The van der Waals surface area contributed by atoms with E-state index in [1.54, 1.807) is 41.8 Å². The highest BCUT2D eigenvalue weighted by molar-refractivity contribution is 6.05. The van der Waals surface area contributed by atoms with Crippen molar-refractivity contribution in [1.82, 2.24) is 34.5 Å². The lowest BCUT2D eigenvalue weighted by molar-refractivity contribution is -0.162. The van der Waals surface area contributed by atoms with Gasteiger partial charge in [-0.25, -0.2) is 18.1 Å². The molecule has 2 aromatic carbocycles. The Morgan fingerprint density at radius 2 is 1.73 bits per heavy atom. The predicted octanol–water partition coefficient (Wildman–Crippen LogP) is 5.64. The highest BCUT2D eigenvalue weighted by Crippen LogP contribution is 2.38. The lowest BCUT2D eigenvalue weighted by Gasteiger charge is -2.48. The Kier molecular flexibility index (Phi) is 11.4. The minimum absolute atomic E-state index is 0.0106. The summed E-state index contributed by atoms with van der Waals surface area (Å²) in [5, 5.41) is 26.3. The van der Waals surface area contributed by atoms with Crippen molar-refractivity contribution in [2.45, 2.75) is 89.1 Å². The van der Waals surface area contributed by atoms with Gasteiger partial charge < -0.3 is 25.0 Å². The number of piperazine rings is 1. The number of imide groups is 1. The van der Waals surface area contributed by atoms with Crippen LogP contribution in [0.5, 0.6) is 0 Å². The number of carbonyl (C=O) groups is 4. The third-order valence-electron chi connectivity index (χ3n) is 13.2. The molecule has 3 aromatic heterocycles. The topological polar surface area (TPSA) is 171 Å². The summed E-state index contributed by atoms with van der Waals surface area (Å²) in [5.74, 6) is -4.77. The molecule has 5 aromatic rings. The van der Waals surface area contributed by atoms with Crippen molar-refractivity contribution in [1.29, 1.82) is 0 Å². The molecule has 1 aliphatic carbocycles. The van der Waals surface area contributed by atoms with Crippen LogP contribution in [0, 0.1) is 24.1 Å². The van der Waals surface area contributed by atoms with Crippen molar-refractivity contribution >= 4 is 57.1 Å². The Hall–Kier alpha value is -6.29. The van der Waals surface area contributed by atoms with E-state index in [2.05, 4.69) is 25.5 Å². The first-order chi connectivity index (χ1) is 30.7. The first-order valence-corrected chi connectivity index (χ1v) is 21.8. The number of nitrogens with zero attached hydrogens (tertiary/aromatic N) is 8. The van der Waals surface area contributed by atoms with Crippen LogP contribution in [0.15, 0.2) is 54.9 Å². The fourth-order valence-corrected chi connectivity index (χ4v) is 9.81. The van der Waals surface area contributed by atoms with Gasteiger partial charge in [-0.05, 0) is 95.3 Å². The summed E-state index contributed by atoms with van der Waals surface area (Å²) in [4.78, 5) is 60.7. The first kappa shape index (κ1) is 43.0. The fourth-order valence-electron chi connectivity index (χ4n) is 9.81. The Labute approximate surface area is 367 Å². The number of piperidine rings is 1. The number of rotatable bonds is 10. The molecular formula is C46H50F2N10O6. The summed E-state index contributed by atoms with van der Waals surface area (Å²) in [6, 6.07) is 11.5. The average Bonchev–Trinajstić information content (AvgIpc) is 3.87. The number of ether oxygens (including phenoxy) is 1. The van der Waals surface area contributed by atoms with Crippen LogP contribution in [0.2, 0.25) is 0 Å². The quantitative estimate of drug-likeness (QED) is 0.118. The number of aromatic nitrogens is 4. The summed E-state index contributed by atoms with van der Waals surface area (Å²) in [6.07, 6.45) is 6.64. The number of fused-ring (bicyclic) bond motifs is 2. The molecule has 0 radical (unpaired) electrons. The fraction of sp³-hybridized carbons (Fsp3) is 0.457. The van der Waals surface area contributed by atoms with E-state index in [1.807, 2.05) is 29.9 Å². The zero-order valence-electron chi connectivity index (χ0n) is 35.9. The van der Waals surface area contributed by atoms with Gasteiger partial charge in [0.15, 0.2) is 0 Å². The van der Waals surface area contributed by atoms with Gasteiger partial charge in [0.05, 0.1) is 47.3 Å². The second-order valence-electron chi connectivity index (χ2n) is 17.8. The summed E-state index contributed by atoms with van der Waals surface area (Å²) >= 11 is 0. The molecule has 3 saturated heterocycles. The maximum atomic E-state index is 15.2. The van der Waals surface area contributed by atoms with Crippen LogP contribution in [0.3, 0.4) is 0 Å². The van der Waals surface area contributed by atoms with Gasteiger partial charge in [0.1, 0.15) is 23.6 Å². The summed E-state index contributed by atoms with van der Waals surface area (Å²) < 4.78 is 40.1. The normalized spacial score (nSPS) is 22.4. The van der Waals surface area contributed by atoms with Gasteiger partial charge in [-0.2, -0.15) is 10.2 Å². The van der Waals surface area contributed by atoms with Gasteiger partial charge in [-0.1, -0.05) is 0 Å². The summed E-state index contributed by atoms with van der Waals surface area (Å²) in [7, 11) is 0. The number of halogens is 2. The average molecular weight is 877 g/mol. The van der Waals surface area contributed by atoms with E-state index in [0.717, 1.165) is 31.1 Å². The van der Waals surface area contributed by atoms with E-state index in [4.69, 9.17) is 16.4 Å². The zero-order valence-corrected chi connectivity index (χ0v) is 35.9. The largest absolute Gasteiger partial charge is 0.386 e. The van der Waals surface area contributed by atoms with Crippen LogP contribution >= 0.6 is 0 Å². The minimum Gasteiger partial charge on any atom is -0.386 e. The van der Waals surface area contributed by atoms with Crippen LogP contribution in [-0.4, -0.2) is 110 Å². The number of aliphatic hydroxyl groups is 1. The smallest absolute Gasteiger partial charge is 0.274 e. The molecule has 18 heteroatoms. The zero-order chi connectivity index (χ0) is 45.0. The van der Waals surface area contributed by atoms with E-state index in [9.17, 15) is 24.3 Å². The maximum absolute atomic E-state index is 15.2. The number of carbonyl (C=O) groups excluding carboxylic acids is 4. The molecule has 1 saturated carbocycles. The lowest BCUT2D eigenvalue weighted by atomic mass is 9.89. The standard InChI is InChI=1S/C46H50F2N10O6/c1-5-64-41-25-54(14-15-56(41)45(62)27-22-55(23-27)32-18-35(47)42(36(48)19-32)33-11-13-40(59)52-43(33)60)29-6-8-30(9-7-29)57-24-26-16-38(34(46(2,3)63)20-37(26)53-57)51-44(61)39-12-10-31-17-28(49-4)21-50-58(31)39/h10,12,16-21,24,27,29-30,33,41,63H,5-9,11,13-15,22-23,25H2,1-3H3,(H,51,61)(H,52,59,60)/t29?,30?,33-,41+/m1/s1. The monoisotopic (exact) mass is 876 g/mol. The number of nitrogens with one attached hydrogen (secondary N) is 2. The second-order valence-corrected chi connectivity index (χ2v) is 17.8. The third kappa shape index (κ3) is 8.19. The van der Waals surface area contributed by atoms with Crippen LogP contribution in [0.1, 0.15) is 92.9 Å².